The monoisotopic (exact) mass is 487 g/mol. The third kappa shape index (κ3) is 4.87. The summed E-state index contributed by atoms with van der Waals surface area (Å²) in [6.07, 6.45) is 1.40. The molecule has 158 valence electrons. The highest BCUT2D eigenvalue weighted by molar-refractivity contribution is 9.10. The van der Waals surface area contributed by atoms with E-state index in [0.717, 1.165) is 15.2 Å². The molecule has 0 aromatic heterocycles. The zero-order chi connectivity index (χ0) is 22.5. The van der Waals surface area contributed by atoms with Gasteiger partial charge in [-0.2, -0.15) is 0 Å². The molecule has 32 heavy (non-hydrogen) atoms. The number of rotatable bonds is 6. The van der Waals surface area contributed by atoms with Crippen molar-refractivity contribution in [3.8, 4) is 11.5 Å². The lowest BCUT2D eigenvalue weighted by molar-refractivity contribution is -0.132. The summed E-state index contributed by atoms with van der Waals surface area (Å²) in [4.78, 5) is 23.9. The minimum absolute atomic E-state index is 0.218. The molecule has 4 aromatic carbocycles. The molecule has 4 aromatic rings. The standard InChI is InChI=1S/C26H18BrNO4/c27-24-21-9-5-4-6-18(21)12-15-23(24)32-20-13-10-17(11-14-20)16-22(26(30)31)28-25(29)19-7-2-1-3-8-19/h1-16H,(H,28,29)(H,30,31)/b22-16-. The number of benzene rings is 4. The maximum Gasteiger partial charge on any atom is 0.352 e. The SMILES string of the molecule is O=C(O)/C(=C/c1ccc(Oc2ccc3ccccc3c2Br)cc1)NC(=O)c1ccccc1. The Bertz CT molecular complexity index is 1320. The van der Waals surface area contributed by atoms with E-state index < -0.39 is 11.9 Å². The van der Waals surface area contributed by atoms with Gasteiger partial charge in [-0.1, -0.05) is 60.7 Å². The van der Waals surface area contributed by atoms with Gasteiger partial charge in [0, 0.05) is 5.56 Å². The number of halogens is 1. The number of amides is 1. The summed E-state index contributed by atoms with van der Waals surface area (Å²) < 4.78 is 6.85. The smallest absolute Gasteiger partial charge is 0.352 e. The average molecular weight is 488 g/mol. The molecule has 0 saturated heterocycles. The summed E-state index contributed by atoms with van der Waals surface area (Å²) in [5.74, 6) is -0.438. The molecular formula is C26H18BrNO4. The van der Waals surface area contributed by atoms with Crippen molar-refractivity contribution in [2.75, 3.05) is 0 Å². The number of hydrogen-bond donors (Lipinski definition) is 2. The summed E-state index contributed by atoms with van der Waals surface area (Å²) in [7, 11) is 0. The molecule has 6 heteroatoms. The van der Waals surface area contributed by atoms with Crippen molar-refractivity contribution in [2.24, 2.45) is 0 Å². The molecular weight excluding hydrogens is 470 g/mol. The van der Waals surface area contributed by atoms with E-state index in [-0.39, 0.29) is 5.70 Å². The summed E-state index contributed by atoms with van der Waals surface area (Å²) in [6, 6.07) is 27.2. The lowest BCUT2D eigenvalue weighted by atomic mass is 10.1. The topological polar surface area (TPSA) is 75.6 Å². The zero-order valence-corrected chi connectivity index (χ0v) is 18.4. The van der Waals surface area contributed by atoms with Crippen LogP contribution < -0.4 is 10.1 Å². The highest BCUT2D eigenvalue weighted by Crippen LogP contribution is 2.35. The number of carbonyl (C=O) groups excluding carboxylic acids is 1. The van der Waals surface area contributed by atoms with Crippen LogP contribution in [0.2, 0.25) is 0 Å². The summed E-state index contributed by atoms with van der Waals surface area (Å²) in [5.41, 5.74) is 0.773. The molecule has 0 unspecified atom stereocenters. The second-order valence-electron chi connectivity index (χ2n) is 6.95. The Morgan fingerprint density at radius 1 is 0.844 bits per heavy atom. The molecule has 2 N–H and O–H groups in total. The first-order chi connectivity index (χ1) is 15.5. The highest BCUT2D eigenvalue weighted by Gasteiger charge is 2.13. The molecule has 0 aliphatic rings. The normalized spacial score (nSPS) is 11.2. The van der Waals surface area contributed by atoms with Gasteiger partial charge in [-0.05, 0) is 68.7 Å². The summed E-state index contributed by atoms with van der Waals surface area (Å²) in [5, 5.41) is 14.1. The van der Waals surface area contributed by atoms with Crippen molar-refractivity contribution >= 4 is 44.7 Å². The van der Waals surface area contributed by atoms with Crippen molar-refractivity contribution in [3.63, 3.8) is 0 Å². The molecule has 0 bridgehead atoms. The molecule has 0 spiro atoms. The van der Waals surface area contributed by atoms with Gasteiger partial charge in [-0.3, -0.25) is 4.79 Å². The first kappa shape index (κ1) is 21.3. The van der Waals surface area contributed by atoms with Crippen LogP contribution in [0.1, 0.15) is 15.9 Å². The maximum atomic E-state index is 12.3. The van der Waals surface area contributed by atoms with Crippen LogP contribution in [0.4, 0.5) is 0 Å². The number of aliphatic carboxylic acids is 1. The van der Waals surface area contributed by atoms with Crippen molar-refractivity contribution in [2.45, 2.75) is 0 Å². The maximum absolute atomic E-state index is 12.3. The average Bonchev–Trinajstić information content (AvgIpc) is 2.82. The Labute approximate surface area is 193 Å². The Hall–Kier alpha value is -3.90. The fraction of sp³-hybridized carbons (Fsp3) is 0. The Balaban J connectivity index is 1.52. The molecule has 5 nitrogen and oxygen atoms in total. The number of ether oxygens (including phenoxy) is 1. The van der Waals surface area contributed by atoms with E-state index in [1.54, 1.807) is 54.6 Å². The molecule has 0 radical (unpaired) electrons. The fourth-order valence-corrected chi connectivity index (χ4v) is 3.73. The van der Waals surface area contributed by atoms with Gasteiger partial charge in [-0.25, -0.2) is 4.79 Å². The van der Waals surface area contributed by atoms with E-state index >= 15 is 0 Å². The van der Waals surface area contributed by atoms with Crippen LogP contribution in [0.25, 0.3) is 16.8 Å². The van der Waals surface area contributed by atoms with Crippen LogP contribution in [-0.4, -0.2) is 17.0 Å². The van der Waals surface area contributed by atoms with Crippen LogP contribution >= 0.6 is 15.9 Å². The van der Waals surface area contributed by atoms with Crippen molar-refractivity contribution < 1.29 is 19.4 Å². The van der Waals surface area contributed by atoms with Gasteiger partial charge in [0.05, 0.1) is 4.47 Å². The van der Waals surface area contributed by atoms with E-state index in [1.807, 2.05) is 36.4 Å². The van der Waals surface area contributed by atoms with E-state index in [4.69, 9.17) is 4.74 Å². The van der Waals surface area contributed by atoms with Gasteiger partial charge in [0.15, 0.2) is 0 Å². The molecule has 0 saturated carbocycles. The third-order valence-corrected chi connectivity index (χ3v) is 5.58. The molecule has 0 aliphatic carbocycles. The summed E-state index contributed by atoms with van der Waals surface area (Å²) >= 11 is 3.60. The number of carboxylic acid groups (broad SMARTS) is 1. The molecule has 0 heterocycles. The molecule has 0 atom stereocenters. The van der Waals surface area contributed by atoms with Crippen LogP contribution in [0.15, 0.2) is 101 Å². The van der Waals surface area contributed by atoms with Crippen LogP contribution in [0, 0.1) is 0 Å². The first-order valence-corrected chi connectivity index (χ1v) is 10.6. The second-order valence-corrected chi connectivity index (χ2v) is 7.75. The van der Waals surface area contributed by atoms with Gasteiger partial charge in [0.25, 0.3) is 5.91 Å². The minimum atomic E-state index is -1.23. The molecule has 0 fully saturated rings. The number of carboxylic acids is 1. The van der Waals surface area contributed by atoms with E-state index in [9.17, 15) is 14.7 Å². The summed E-state index contributed by atoms with van der Waals surface area (Å²) in [6.45, 7) is 0. The van der Waals surface area contributed by atoms with Crippen LogP contribution in [0.5, 0.6) is 11.5 Å². The van der Waals surface area contributed by atoms with Crippen molar-refractivity contribution in [1.29, 1.82) is 0 Å². The predicted molar refractivity (Wildman–Crippen MR) is 128 cm³/mol. The molecule has 0 aliphatic heterocycles. The lowest BCUT2D eigenvalue weighted by Crippen LogP contribution is -2.27. The first-order valence-electron chi connectivity index (χ1n) is 9.78. The number of nitrogens with one attached hydrogen (secondary N) is 1. The van der Waals surface area contributed by atoms with Gasteiger partial charge in [0.2, 0.25) is 0 Å². The van der Waals surface area contributed by atoms with Gasteiger partial charge in [-0.15, -0.1) is 0 Å². The lowest BCUT2D eigenvalue weighted by Gasteiger charge is -2.10. The van der Waals surface area contributed by atoms with Crippen LogP contribution in [0.3, 0.4) is 0 Å². The third-order valence-electron chi connectivity index (χ3n) is 4.76. The quantitative estimate of drug-likeness (QED) is 0.315. The largest absolute Gasteiger partial charge is 0.477 e. The highest BCUT2D eigenvalue weighted by atomic mass is 79.9. The van der Waals surface area contributed by atoms with Crippen molar-refractivity contribution in [3.05, 3.63) is 112 Å². The second kappa shape index (κ2) is 9.49. The number of fused-ring (bicyclic) bond motifs is 1. The van der Waals surface area contributed by atoms with Gasteiger partial charge in [0.1, 0.15) is 17.2 Å². The van der Waals surface area contributed by atoms with E-state index in [0.29, 0.717) is 22.6 Å². The van der Waals surface area contributed by atoms with Gasteiger partial charge >= 0.3 is 5.97 Å². The molecule has 4 rings (SSSR count). The van der Waals surface area contributed by atoms with E-state index in [1.165, 1.54) is 6.08 Å². The fourth-order valence-electron chi connectivity index (χ4n) is 3.15. The van der Waals surface area contributed by atoms with Gasteiger partial charge < -0.3 is 15.2 Å². The Morgan fingerprint density at radius 3 is 2.25 bits per heavy atom. The minimum Gasteiger partial charge on any atom is -0.477 e. The van der Waals surface area contributed by atoms with E-state index in [2.05, 4.69) is 21.2 Å². The van der Waals surface area contributed by atoms with Crippen LogP contribution in [-0.2, 0) is 4.79 Å². The predicted octanol–water partition coefficient (Wildman–Crippen LogP) is 6.25. The molecule has 1 amide bonds. The number of carbonyl (C=O) groups is 2. The Morgan fingerprint density at radius 2 is 1.53 bits per heavy atom. The number of hydrogen-bond acceptors (Lipinski definition) is 3. The Kier molecular flexibility index (Phi) is 6.33. The zero-order valence-electron chi connectivity index (χ0n) is 16.8. The van der Waals surface area contributed by atoms with Crippen molar-refractivity contribution in [1.82, 2.24) is 5.32 Å².